The first-order chi connectivity index (χ1) is 9.83. The van der Waals surface area contributed by atoms with E-state index < -0.39 is 6.36 Å². The number of hydrogen-bond donors (Lipinski definition) is 0. The summed E-state index contributed by atoms with van der Waals surface area (Å²) < 4.78 is 39.8. The van der Waals surface area contributed by atoms with Gasteiger partial charge in [-0.2, -0.15) is 0 Å². The lowest BCUT2D eigenvalue weighted by Crippen LogP contribution is -2.17. The van der Waals surface area contributed by atoms with Gasteiger partial charge in [-0.3, -0.25) is 4.79 Å². The number of ketones is 1. The maximum absolute atomic E-state index is 12.0. The van der Waals surface area contributed by atoms with Crippen LogP contribution in [0.15, 0.2) is 48.5 Å². The van der Waals surface area contributed by atoms with Gasteiger partial charge in [0.25, 0.3) is 0 Å². The summed E-state index contributed by atoms with van der Waals surface area (Å²) in [6, 6.07) is 11.7. The lowest BCUT2D eigenvalue weighted by atomic mass is 10.0. The fraction of sp³-hybridized carbons (Fsp3) is 0.133. The van der Waals surface area contributed by atoms with Crippen LogP contribution in [0.5, 0.6) is 5.75 Å². The summed E-state index contributed by atoms with van der Waals surface area (Å²) in [6.07, 6.45) is -4.62. The summed E-state index contributed by atoms with van der Waals surface area (Å²) in [5.74, 6) is -0.572. The Labute approximate surface area is 124 Å². The fourth-order valence-electron chi connectivity index (χ4n) is 1.78. The summed E-state index contributed by atoms with van der Waals surface area (Å²) in [5.41, 5.74) is 1.05. The molecule has 0 saturated heterocycles. The van der Waals surface area contributed by atoms with Crippen LogP contribution in [0, 0.1) is 0 Å². The van der Waals surface area contributed by atoms with E-state index in [0.29, 0.717) is 10.6 Å². The quantitative estimate of drug-likeness (QED) is 0.767. The zero-order valence-corrected chi connectivity index (χ0v) is 11.4. The topological polar surface area (TPSA) is 26.3 Å². The van der Waals surface area contributed by atoms with Gasteiger partial charge in [0.2, 0.25) is 0 Å². The minimum absolute atomic E-state index is 0.125. The first-order valence-electron chi connectivity index (χ1n) is 5.97. The lowest BCUT2D eigenvalue weighted by Gasteiger charge is -2.09. The number of carbonyl (C=O) groups excluding carboxylic acids is 1. The molecule has 0 saturated carbocycles. The Hall–Kier alpha value is -2.01. The maximum atomic E-state index is 12.0. The monoisotopic (exact) mass is 314 g/mol. The van der Waals surface area contributed by atoms with Gasteiger partial charge in [-0.1, -0.05) is 23.7 Å². The molecule has 0 aliphatic carbocycles. The Morgan fingerprint density at radius 3 is 2.33 bits per heavy atom. The fourth-order valence-corrected chi connectivity index (χ4v) is 1.99. The highest BCUT2D eigenvalue weighted by atomic mass is 35.5. The van der Waals surface area contributed by atoms with Crippen molar-refractivity contribution in [3.63, 3.8) is 0 Å². The van der Waals surface area contributed by atoms with Crippen LogP contribution in [0.4, 0.5) is 13.2 Å². The van der Waals surface area contributed by atoms with Crippen LogP contribution >= 0.6 is 11.6 Å². The molecule has 0 bridgehead atoms. The second kappa shape index (κ2) is 6.18. The van der Waals surface area contributed by atoms with Crippen LogP contribution in [0.3, 0.4) is 0 Å². The molecule has 0 aromatic heterocycles. The van der Waals surface area contributed by atoms with Gasteiger partial charge in [0, 0.05) is 17.0 Å². The number of alkyl halides is 3. The molecule has 0 amide bonds. The molecule has 2 nitrogen and oxygen atoms in total. The van der Waals surface area contributed by atoms with Gasteiger partial charge in [-0.05, 0) is 42.0 Å². The number of Topliss-reactive ketones (excluding diaryl/α,β-unsaturated/α-hetero) is 1. The third-order valence-corrected chi connectivity index (χ3v) is 2.90. The van der Waals surface area contributed by atoms with Crippen LogP contribution < -0.4 is 4.74 Å². The molecule has 6 heteroatoms. The average Bonchev–Trinajstić information content (AvgIpc) is 2.37. The molecule has 2 rings (SSSR count). The number of carbonyl (C=O) groups is 1. The maximum Gasteiger partial charge on any atom is 0.573 e. The van der Waals surface area contributed by atoms with Crippen LogP contribution in [0.2, 0.25) is 5.02 Å². The molecule has 0 unspecified atom stereocenters. The molecule has 2 aromatic rings. The van der Waals surface area contributed by atoms with Gasteiger partial charge >= 0.3 is 6.36 Å². The smallest absolute Gasteiger partial charge is 0.406 e. The molecule has 0 radical (unpaired) electrons. The number of halogens is 4. The minimum atomic E-state index is -4.74. The Kier molecular flexibility index (Phi) is 4.53. The van der Waals surface area contributed by atoms with E-state index in [1.807, 2.05) is 0 Å². The van der Waals surface area contributed by atoms with Crippen molar-refractivity contribution in [2.75, 3.05) is 0 Å². The normalized spacial score (nSPS) is 11.2. The van der Waals surface area contributed by atoms with Gasteiger partial charge in [0.1, 0.15) is 5.75 Å². The molecule has 21 heavy (non-hydrogen) atoms. The second-order valence-corrected chi connectivity index (χ2v) is 4.74. The van der Waals surface area contributed by atoms with E-state index in [0.717, 1.165) is 17.7 Å². The molecule has 0 aliphatic heterocycles. The standard InChI is InChI=1S/C15H10ClF3O2/c16-12-3-1-2-10(8-12)9-14(20)11-4-6-13(7-5-11)21-15(17,18)19/h1-8H,9H2. The zero-order valence-electron chi connectivity index (χ0n) is 10.7. The second-order valence-electron chi connectivity index (χ2n) is 4.30. The van der Waals surface area contributed by atoms with Gasteiger partial charge in [-0.25, -0.2) is 0 Å². The highest BCUT2D eigenvalue weighted by Gasteiger charge is 2.31. The van der Waals surface area contributed by atoms with Crippen molar-refractivity contribution in [2.45, 2.75) is 12.8 Å². The number of benzene rings is 2. The minimum Gasteiger partial charge on any atom is -0.406 e. The average molecular weight is 315 g/mol. The SMILES string of the molecule is O=C(Cc1cccc(Cl)c1)c1ccc(OC(F)(F)F)cc1. The Morgan fingerprint density at radius 2 is 1.76 bits per heavy atom. The van der Waals surface area contributed by atoms with Crippen molar-refractivity contribution < 1.29 is 22.7 Å². The van der Waals surface area contributed by atoms with Crippen LogP contribution in [0.25, 0.3) is 0 Å². The Bertz CT molecular complexity index is 636. The van der Waals surface area contributed by atoms with Crippen molar-refractivity contribution in [1.82, 2.24) is 0 Å². The highest BCUT2D eigenvalue weighted by Crippen LogP contribution is 2.23. The first-order valence-corrected chi connectivity index (χ1v) is 6.35. The van der Waals surface area contributed by atoms with Gasteiger partial charge in [0.05, 0.1) is 0 Å². The molecule has 0 spiro atoms. The van der Waals surface area contributed by atoms with E-state index in [-0.39, 0.29) is 18.0 Å². The van der Waals surface area contributed by atoms with Crippen molar-refractivity contribution in [3.05, 3.63) is 64.7 Å². The summed E-state index contributed by atoms with van der Waals surface area (Å²) in [7, 11) is 0. The first kappa shape index (κ1) is 15.4. The Morgan fingerprint density at radius 1 is 1.10 bits per heavy atom. The van der Waals surface area contributed by atoms with Crippen molar-refractivity contribution in [2.24, 2.45) is 0 Å². The molecule has 0 fully saturated rings. The number of ether oxygens (including phenoxy) is 1. The van der Waals surface area contributed by atoms with Crippen LogP contribution in [0.1, 0.15) is 15.9 Å². The predicted molar refractivity (Wildman–Crippen MR) is 72.6 cm³/mol. The van der Waals surface area contributed by atoms with E-state index in [1.54, 1.807) is 24.3 Å². The predicted octanol–water partition coefficient (Wildman–Crippen LogP) is 4.66. The van der Waals surface area contributed by atoms with Gasteiger partial charge < -0.3 is 4.74 Å². The molecular formula is C15H10ClF3O2. The van der Waals surface area contributed by atoms with Gasteiger partial charge in [-0.15, -0.1) is 13.2 Å². The van der Waals surface area contributed by atoms with E-state index in [9.17, 15) is 18.0 Å². The third kappa shape index (κ3) is 4.79. The lowest BCUT2D eigenvalue weighted by molar-refractivity contribution is -0.274. The van der Waals surface area contributed by atoms with E-state index in [1.165, 1.54) is 12.1 Å². The molecule has 110 valence electrons. The molecule has 0 aliphatic rings. The van der Waals surface area contributed by atoms with Crippen LogP contribution in [-0.2, 0) is 6.42 Å². The van der Waals surface area contributed by atoms with Crippen LogP contribution in [-0.4, -0.2) is 12.1 Å². The molecule has 0 N–H and O–H groups in total. The zero-order chi connectivity index (χ0) is 15.5. The largest absolute Gasteiger partial charge is 0.573 e. The summed E-state index contributed by atoms with van der Waals surface area (Å²) in [6.45, 7) is 0. The molecule has 0 atom stereocenters. The van der Waals surface area contributed by atoms with Gasteiger partial charge in [0.15, 0.2) is 5.78 Å². The van der Waals surface area contributed by atoms with E-state index in [2.05, 4.69) is 4.74 Å². The third-order valence-electron chi connectivity index (χ3n) is 2.66. The highest BCUT2D eigenvalue weighted by molar-refractivity contribution is 6.30. The summed E-state index contributed by atoms with van der Waals surface area (Å²) in [5, 5.41) is 0.522. The van der Waals surface area contributed by atoms with E-state index >= 15 is 0 Å². The van der Waals surface area contributed by atoms with E-state index in [4.69, 9.17) is 11.6 Å². The molecular weight excluding hydrogens is 305 g/mol. The molecule has 0 heterocycles. The molecule has 2 aromatic carbocycles. The van der Waals surface area contributed by atoms with Crippen molar-refractivity contribution in [1.29, 1.82) is 0 Å². The summed E-state index contributed by atoms with van der Waals surface area (Å²) >= 11 is 5.82. The number of hydrogen-bond acceptors (Lipinski definition) is 2. The number of rotatable bonds is 4. The van der Waals surface area contributed by atoms with Crippen molar-refractivity contribution in [3.8, 4) is 5.75 Å². The van der Waals surface area contributed by atoms with Crippen molar-refractivity contribution >= 4 is 17.4 Å². The summed E-state index contributed by atoms with van der Waals surface area (Å²) in [4.78, 5) is 12.0. The Balaban J connectivity index is 2.06.